The number of amides is 4. The van der Waals surface area contributed by atoms with Gasteiger partial charge in [-0.15, -0.1) is 0 Å². The van der Waals surface area contributed by atoms with Crippen molar-refractivity contribution in [3.05, 3.63) is 87.3 Å². The lowest BCUT2D eigenvalue weighted by Gasteiger charge is -2.38. The maximum absolute atomic E-state index is 14.0. The third kappa shape index (κ3) is 9.34. The minimum absolute atomic E-state index is 0.177. The molecule has 7 rings (SSSR count). The van der Waals surface area contributed by atoms with Crippen molar-refractivity contribution < 1.29 is 24.3 Å². The lowest BCUT2D eigenvalue weighted by molar-refractivity contribution is -0.137. The third-order valence-corrected chi connectivity index (χ3v) is 12.3. The molecule has 4 atom stereocenters. The van der Waals surface area contributed by atoms with Crippen molar-refractivity contribution in [1.82, 2.24) is 25.1 Å². The van der Waals surface area contributed by atoms with Crippen LogP contribution < -0.4 is 10.2 Å². The number of piperazine rings is 1. The maximum atomic E-state index is 14.0. The van der Waals surface area contributed by atoms with Gasteiger partial charge in [-0.3, -0.25) is 24.5 Å². The highest BCUT2D eigenvalue weighted by Gasteiger charge is 2.40. The lowest BCUT2D eigenvalue weighted by atomic mass is 9.91. The quantitative estimate of drug-likeness (QED) is 0.103. The molecule has 3 aliphatic heterocycles. The molecule has 11 nitrogen and oxygen atoms in total. The molecule has 0 radical (unpaired) electrons. The molecule has 4 aliphatic rings. The second-order valence-corrected chi connectivity index (χ2v) is 16.4. The van der Waals surface area contributed by atoms with Gasteiger partial charge in [0.15, 0.2) is 0 Å². The first-order chi connectivity index (χ1) is 27.7. The van der Waals surface area contributed by atoms with Crippen LogP contribution in [0.25, 0.3) is 0 Å². The van der Waals surface area contributed by atoms with Gasteiger partial charge in [0.1, 0.15) is 18.2 Å². The summed E-state index contributed by atoms with van der Waals surface area (Å²) in [5.74, 6) is 6.77. The lowest BCUT2D eigenvalue weighted by Crippen LogP contribution is -2.52. The number of benzene rings is 2. The Bertz CT molecular complexity index is 2020. The van der Waals surface area contributed by atoms with Gasteiger partial charge in [-0.2, -0.15) is 0 Å². The Morgan fingerprint density at radius 1 is 0.947 bits per heavy atom. The molecule has 12 heteroatoms. The van der Waals surface area contributed by atoms with Crippen molar-refractivity contribution >= 4 is 41.0 Å². The van der Waals surface area contributed by atoms with Crippen LogP contribution in [0.4, 0.5) is 5.82 Å². The Morgan fingerprint density at radius 2 is 1.67 bits per heavy atom. The average Bonchev–Trinajstić information content (AvgIpc) is 3.71. The van der Waals surface area contributed by atoms with E-state index in [0.29, 0.717) is 56.2 Å². The van der Waals surface area contributed by atoms with Gasteiger partial charge in [0.05, 0.1) is 17.7 Å². The number of aliphatic hydroxyl groups is 1. The fourth-order valence-electron chi connectivity index (χ4n) is 8.92. The number of halogens is 1. The molecule has 0 saturated carbocycles. The molecule has 2 fully saturated rings. The van der Waals surface area contributed by atoms with Crippen LogP contribution in [0, 0.1) is 11.8 Å². The minimum Gasteiger partial charge on any atom is -0.387 e. The molecule has 3 aromatic rings. The van der Waals surface area contributed by atoms with E-state index in [1.54, 1.807) is 17.3 Å². The van der Waals surface area contributed by atoms with Crippen LogP contribution in [0.1, 0.15) is 147 Å². The average molecular weight is 793 g/mol. The highest BCUT2D eigenvalue weighted by atomic mass is 35.5. The highest BCUT2D eigenvalue weighted by molar-refractivity contribution is 6.30. The molecule has 57 heavy (non-hydrogen) atoms. The van der Waals surface area contributed by atoms with Gasteiger partial charge in [-0.05, 0) is 67.0 Å². The van der Waals surface area contributed by atoms with Crippen LogP contribution in [-0.2, 0) is 20.9 Å². The van der Waals surface area contributed by atoms with Gasteiger partial charge in [-0.25, -0.2) is 9.97 Å². The fraction of sp³-hybridized carbons (Fsp3) is 0.511. The first-order valence-corrected chi connectivity index (χ1v) is 21.1. The van der Waals surface area contributed by atoms with Gasteiger partial charge in [0.2, 0.25) is 17.7 Å². The molecule has 0 bridgehead atoms. The zero-order chi connectivity index (χ0) is 39.9. The summed E-state index contributed by atoms with van der Waals surface area (Å²) >= 11 is 6.22. The maximum Gasteiger partial charge on any atom is 0.255 e. The topological polar surface area (TPSA) is 136 Å². The number of anilines is 1. The number of piperidine rings is 1. The Balaban J connectivity index is 0.812. The van der Waals surface area contributed by atoms with E-state index in [0.717, 1.165) is 85.1 Å². The van der Waals surface area contributed by atoms with Gasteiger partial charge in [-0.1, -0.05) is 93.5 Å². The second-order valence-electron chi connectivity index (χ2n) is 16.0. The Kier molecular flexibility index (Phi) is 13.2. The molecule has 4 amide bonds. The molecule has 2 aromatic carbocycles. The monoisotopic (exact) mass is 792 g/mol. The number of carbonyl (C=O) groups excluding carboxylic acids is 4. The number of unbranched alkanes of at least 4 members (excludes halogenated alkanes) is 8. The number of imide groups is 1. The van der Waals surface area contributed by atoms with Crippen molar-refractivity contribution in [3.63, 3.8) is 0 Å². The third-order valence-electron chi connectivity index (χ3n) is 12.1. The van der Waals surface area contributed by atoms with E-state index in [1.165, 1.54) is 12.8 Å². The van der Waals surface area contributed by atoms with Gasteiger partial charge in [0.25, 0.3) is 5.91 Å². The summed E-state index contributed by atoms with van der Waals surface area (Å²) in [6, 6.07) is 12.7. The molecule has 300 valence electrons. The van der Waals surface area contributed by atoms with Gasteiger partial charge in [0, 0.05) is 67.3 Å². The van der Waals surface area contributed by atoms with E-state index >= 15 is 0 Å². The predicted molar refractivity (Wildman–Crippen MR) is 219 cm³/mol. The number of rotatable bonds is 14. The first-order valence-electron chi connectivity index (χ1n) is 20.8. The number of fused-ring (bicyclic) bond motifs is 2. The number of nitrogens with zero attached hydrogens (tertiary/aromatic N) is 5. The molecule has 2 saturated heterocycles. The fourth-order valence-corrected chi connectivity index (χ4v) is 9.05. The van der Waals surface area contributed by atoms with Crippen LogP contribution in [0.2, 0.25) is 5.02 Å². The summed E-state index contributed by atoms with van der Waals surface area (Å²) in [5.41, 5.74) is 5.09. The van der Waals surface area contributed by atoms with Crippen LogP contribution in [0.15, 0.2) is 48.8 Å². The van der Waals surface area contributed by atoms with Crippen molar-refractivity contribution in [2.75, 3.05) is 31.1 Å². The SMILES string of the molecule is C[C@@H]1C[C@@H](O)c2ncnc(N3CCN(C(=O)[C@H](CCCCCCCCCCC#Cc4cccc5c4CN(C4CCC(=O)NC4=O)C5=O)c4ccc(Cl)cc4)CC3)c21. The van der Waals surface area contributed by atoms with Crippen LogP contribution >= 0.6 is 11.6 Å². The zero-order valence-electron chi connectivity index (χ0n) is 32.9. The number of nitrogens with one attached hydrogen (secondary N) is 1. The zero-order valence-corrected chi connectivity index (χ0v) is 33.6. The summed E-state index contributed by atoms with van der Waals surface area (Å²) in [6.07, 6.45) is 12.7. The summed E-state index contributed by atoms with van der Waals surface area (Å²) < 4.78 is 0. The largest absolute Gasteiger partial charge is 0.387 e. The molecule has 1 aromatic heterocycles. The van der Waals surface area contributed by atoms with Crippen molar-refractivity contribution in [1.29, 1.82) is 0 Å². The van der Waals surface area contributed by atoms with E-state index < -0.39 is 18.1 Å². The summed E-state index contributed by atoms with van der Waals surface area (Å²) in [6.45, 7) is 5.10. The van der Waals surface area contributed by atoms with Crippen LogP contribution in [0.5, 0.6) is 0 Å². The number of aromatic nitrogens is 2. The number of carbonyl (C=O) groups is 4. The van der Waals surface area contributed by atoms with Crippen molar-refractivity contribution in [2.24, 2.45) is 0 Å². The Labute approximate surface area is 340 Å². The standard InChI is InChI=1S/C45H53ClN6O5/c1-30-27-38(53)41-40(30)42(48-29-47-41)50-23-25-51(26-24-50)44(56)34(32-17-19-33(46)20-18-32)15-11-9-7-5-3-2-4-6-8-10-13-31-14-12-16-35-36(31)28-52(45(35)57)37-21-22-39(54)49-43(37)55/h12,14,16-20,29-30,34,37-38,53H,2-9,11,15,21-28H2,1H3,(H,49,54,55)/t30-,34-,37?,38-/m1/s1. The number of hydrogen-bond donors (Lipinski definition) is 2. The van der Waals surface area contributed by atoms with Crippen molar-refractivity contribution in [3.8, 4) is 11.8 Å². The van der Waals surface area contributed by atoms with Gasteiger partial charge >= 0.3 is 0 Å². The summed E-state index contributed by atoms with van der Waals surface area (Å²) in [7, 11) is 0. The summed E-state index contributed by atoms with van der Waals surface area (Å²) in [5, 5.41) is 13.5. The molecular formula is C45H53ClN6O5. The summed E-state index contributed by atoms with van der Waals surface area (Å²) in [4.78, 5) is 65.9. The second kappa shape index (κ2) is 18.6. The molecule has 4 heterocycles. The molecule has 0 spiro atoms. The molecule has 1 unspecified atom stereocenters. The van der Waals surface area contributed by atoms with Crippen molar-refractivity contribution in [2.45, 2.75) is 121 Å². The Morgan fingerprint density at radius 3 is 2.40 bits per heavy atom. The molecule has 1 aliphatic carbocycles. The van der Waals surface area contributed by atoms with E-state index in [2.05, 4.69) is 38.9 Å². The Hall–Kier alpha value is -4.79. The smallest absolute Gasteiger partial charge is 0.255 e. The normalized spacial score (nSPS) is 20.9. The van der Waals surface area contributed by atoms with Crippen LogP contribution in [0.3, 0.4) is 0 Å². The van der Waals surface area contributed by atoms with Gasteiger partial charge < -0.3 is 19.8 Å². The first kappa shape index (κ1) is 40.4. The van der Waals surface area contributed by atoms with Crippen LogP contribution in [-0.4, -0.2) is 80.7 Å². The number of aliphatic hydroxyl groups excluding tert-OH is 1. The predicted octanol–water partition coefficient (Wildman–Crippen LogP) is 6.82. The number of hydrogen-bond acceptors (Lipinski definition) is 8. The molecule has 2 N–H and O–H groups in total. The van der Waals surface area contributed by atoms with E-state index in [4.69, 9.17) is 11.6 Å². The van der Waals surface area contributed by atoms with E-state index in [1.807, 2.05) is 41.3 Å². The van der Waals surface area contributed by atoms with E-state index in [9.17, 15) is 24.3 Å². The minimum atomic E-state index is -0.628. The molecular weight excluding hydrogens is 740 g/mol. The van der Waals surface area contributed by atoms with E-state index in [-0.39, 0.29) is 36.0 Å². The highest BCUT2D eigenvalue weighted by Crippen LogP contribution is 2.43.